The third-order valence-corrected chi connectivity index (χ3v) is 5.67. The van der Waals surface area contributed by atoms with E-state index in [1.165, 1.54) is 12.8 Å². The third-order valence-electron chi connectivity index (χ3n) is 5.67. The Morgan fingerprint density at radius 2 is 1.87 bits per heavy atom. The van der Waals surface area contributed by atoms with Gasteiger partial charge in [-0.3, -0.25) is 4.90 Å². The van der Waals surface area contributed by atoms with Crippen LogP contribution in [0.4, 0.5) is 4.39 Å². The smallest absolute Gasteiger partial charge is 0.399 e. The first kappa shape index (κ1) is 16.9. The third kappa shape index (κ3) is 3.19. The molecule has 2 fully saturated rings. The molecule has 0 bridgehead atoms. The highest BCUT2D eigenvalue weighted by molar-refractivity contribution is 6.62. The zero-order valence-corrected chi connectivity index (χ0v) is 14.9. The molecule has 0 aliphatic carbocycles. The summed E-state index contributed by atoms with van der Waals surface area (Å²) in [6, 6.07) is 5.91. The summed E-state index contributed by atoms with van der Waals surface area (Å²) in [6.45, 7) is 12.0. The Balaban J connectivity index is 1.75. The van der Waals surface area contributed by atoms with Crippen LogP contribution in [0, 0.1) is 5.82 Å². The van der Waals surface area contributed by atoms with Gasteiger partial charge in [-0.1, -0.05) is 12.1 Å². The summed E-state index contributed by atoms with van der Waals surface area (Å²) >= 11 is 0. The number of halogens is 1. The molecule has 2 heterocycles. The van der Waals surface area contributed by atoms with Crippen LogP contribution in [0.5, 0.6) is 0 Å². The molecule has 1 aromatic rings. The lowest BCUT2D eigenvalue weighted by Gasteiger charge is -2.32. The summed E-state index contributed by atoms with van der Waals surface area (Å²) in [7, 11) is -0.505. The molecule has 0 unspecified atom stereocenters. The Morgan fingerprint density at radius 3 is 2.39 bits per heavy atom. The van der Waals surface area contributed by atoms with Crippen LogP contribution >= 0.6 is 0 Å². The van der Waals surface area contributed by atoms with Crippen LogP contribution in [-0.4, -0.2) is 35.8 Å². The maximum absolute atomic E-state index is 14.5. The molecule has 2 aliphatic rings. The van der Waals surface area contributed by atoms with E-state index in [1.807, 2.05) is 39.8 Å². The van der Waals surface area contributed by atoms with Crippen LogP contribution < -0.4 is 5.46 Å². The highest BCUT2D eigenvalue weighted by atomic mass is 19.1. The lowest BCUT2D eigenvalue weighted by Crippen LogP contribution is -2.41. The summed E-state index contributed by atoms with van der Waals surface area (Å²) in [5.41, 5.74) is 0.689. The molecule has 5 heteroatoms. The van der Waals surface area contributed by atoms with Crippen LogP contribution in [0.3, 0.4) is 0 Å². The van der Waals surface area contributed by atoms with Crippen molar-refractivity contribution >= 4 is 12.6 Å². The normalized spacial score (nSPS) is 26.9. The fourth-order valence-electron chi connectivity index (χ4n) is 3.26. The number of hydrogen-bond donors (Lipinski definition) is 0. The van der Waals surface area contributed by atoms with Gasteiger partial charge in [0.15, 0.2) is 0 Å². The van der Waals surface area contributed by atoms with E-state index in [4.69, 9.17) is 9.31 Å². The van der Waals surface area contributed by atoms with E-state index >= 15 is 0 Å². The number of likely N-dealkylation sites (tertiary alicyclic amines) is 1. The minimum Gasteiger partial charge on any atom is -0.399 e. The average molecular weight is 319 g/mol. The highest BCUT2D eigenvalue weighted by Gasteiger charge is 2.51. The molecule has 0 saturated carbocycles. The molecule has 23 heavy (non-hydrogen) atoms. The molecule has 3 nitrogen and oxygen atoms in total. The highest BCUT2D eigenvalue weighted by Crippen LogP contribution is 2.36. The summed E-state index contributed by atoms with van der Waals surface area (Å²) in [6.07, 6.45) is 2.41. The zero-order valence-electron chi connectivity index (χ0n) is 14.9. The van der Waals surface area contributed by atoms with Crippen molar-refractivity contribution in [1.82, 2.24) is 4.90 Å². The molecule has 0 radical (unpaired) electrons. The number of rotatable bonds is 3. The molecule has 0 N–H and O–H groups in total. The maximum Gasteiger partial charge on any atom is 0.494 e. The van der Waals surface area contributed by atoms with Gasteiger partial charge in [0.1, 0.15) is 5.82 Å². The van der Waals surface area contributed by atoms with Crippen molar-refractivity contribution in [3.05, 3.63) is 29.6 Å². The maximum atomic E-state index is 14.5. The largest absolute Gasteiger partial charge is 0.494 e. The van der Waals surface area contributed by atoms with Crippen LogP contribution in [0.1, 0.15) is 53.0 Å². The van der Waals surface area contributed by atoms with Crippen LogP contribution in [0.15, 0.2) is 18.2 Å². The molecule has 2 saturated heterocycles. The molecule has 2 aliphatic heterocycles. The first-order valence-corrected chi connectivity index (χ1v) is 8.58. The summed E-state index contributed by atoms with van der Waals surface area (Å²) in [4.78, 5) is 2.34. The minimum atomic E-state index is -0.505. The van der Waals surface area contributed by atoms with Crippen molar-refractivity contribution < 1.29 is 13.7 Å². The first-order chi connectivity index (χ1) is 10.7. The fourth-order valence-corrected chi connectivity index (χ4v) is 3.26. The lowest BCUT2D eigenvalue weighted by molar-refractivity contribution is 0.00578. The van der Waals surface area contributed by atoms with Gasteiger partial charge in [-0.2, -0.15) is 0 Å². The fraction of sp³-hybridized carbons (Fsp3) is 0.667. The second-order valence-electron chi connectivity index (χ2n) is 7.90. The molecular formula is C18H27BFNO2. The molecule has 126 valence electrons. The zero-order chi connectivity index (χ0) is 16.8. The van der Waals surface area contributed by atoms with E-state index in [-0.39, 0.29) is 5.82 Å². The predicted octanol–water partition coefficient (Wildman–Crippen LogP) is 3.11. The number of benzene rings is 1. The van der Waals surface area contributed by atoms with Crippen LogP contribution in [0.2, 0.25) is 0 Å². The van der Waals surface area contributed by atoms with E-state index in [0.29, 0.717) is 12.6 Å². The Morgan fingerprint density at radius 1 is 1.22 bits per heavy atom. The van der Waals surface area contributed by atoms with E-state index in [9.17, 15) is 4.39 Å². The molecule has 3 rings (SSSR count). The molecular weight excluding hydrogens is 292 g/mol. The molecule has 1 aromatic carbocycles. The Bertz CT molecular complexity index is 574. The molecule has 1 atom stereocenters. The predicted molar refractivity (Wildman–Crippen MR) is 91.2 cm³/mol. The minimum absolute atomic E-state index is 0.170. The summed E-state index contributed by atoms with van der Waals surface area (Å²) < 4.78 is 26.5. The van der Waals surface area contributed by atoms with Gasteiger partial charge in [0.25, 0.3) is 0 Å². The number of nitrogens with zero attached hydrogens (tertiary/aromatic N) is 1. The SMILES string of the molecule is C[C@@H]1CCCN1Cc1ccc(B2OC(C)(C)C(C)(C)O2)cc1F. The van der Waals surface area contributed by atoms with Gasteiger partial charge in [-0.05, 0) is 65.5 Å². The van der Waals surface area contributed by atoms with Gasteiger partial charge in [0.05, 0.1) is 11.2 Å². The second kappa shape index (κ2) is 5.87. The molecule has 0 amide bonds. The van der Waals surface area contributed by atoms with Gasteiger partial charge in [0.2, 0.25) is 0 Å². The van der Waals surface area contributed by atoms with Gasteiger partial charge in [0, 0.05) is 18.2 Å². The molecule has 0 spiro atoms. The van der Waals surface area contributed by atoms with Gasteiger partial charge < -0.3 is 9.31 Å². The van der Waals surface area contributed by atoms with Crippen molar-refractivity contribution in [2.45, 2.75) is 71.2 Å². The monoisotopic (exact) mass is 319 g/mol. The Labute approximate surface area is 139 Å². The molecule has 0 aromatic heterocycles. The van der Waals surface area contributed by atoms with Crippen LogP contribution in [-0.2, 0) is 15.9 Å². The van der Waals surface area contributed by atoms with E-state index in [2.05, 4.69) is 11.8 Å². The van der Waals surface area contributed by atoms with Gasteiger partial charge in [-0.15, -0.1) is 0 Å². The van der Waals surface area contributed by atoms with E-state index < -0.39 is 18.3 Å². The van der Waals surface area contributed by atoms with Crippen molar-refractivity contribution in [1.29, 1.82) is 0 Å². The van der Waals surface area contributed by atoms with Crippen molar-refractivity contribution in [3.8, 4) is 0 Å². The van der Waals surface area contributed by atoms with Crippen molar-refractivity contribution in [2.24, 2.45) is 0 Å². The Kier molecular flexibility index (Phi) is 4.32. The summed E-state index contributed by atoms with van der Waals surface area (Å²) in [5, 5.41) is 0. The van der Waals surface area contributed by atoms with Crippen molar-refractivity contribution in [2.75, 3.05) is 6.54 Å². The first-order valence-electron chi connectivity index (χ1n) is 8.58. The van der Waals surface area contributed by atoms with Crippen molar-refractivity contribution in [3.63, 3.8) is 0 Å². The quantitative estimate of drug-likeness (QED) is 0.799. The van der Waals surface area contributed by atoms with Gasteiger partial charge >= 0.3 is 7.12 Å². The Hall–Kier alpha value is -0.905. The second-order valence-corrected chi connectivity index (χ2v) is 7.90. The van der Waals surface area contributed by atoms with Gasteiger partial charge in [-0.25, -0.2) is 4.39 Å². The topological polar surface area (TPSA) is 21.7 Å². The van der Waals surface area contributed by atoms with Crippen LogP contribution in [0.25, 0.3) is 0 Å². The summed E-state index contributed by atoms with van der Waals surface area (Å²) in [5.74, 6) is -0.170. The van der Waals surface area contributed by atoms with E-state index in [0.717, 1.165) is 17.6 Å². The number of hydrogen-bond acceptors (Lipinski definition) is 3. The van der Waals surface area contributed by atoms with E-state index in [1.54, 1.807) is 6.07 Å². The lowest BCUT2D eigenvalue weighted by atomic mass is 9.78. The average Bonchev–Trinajstić information content (AvgIpc) is 2.93. The standard InChI is InChI=1S/C18H27BFNO2/c1-13-7-6-10-21(13)12-14-8-9-15(11-16(14)20)19-22-17(2,3)18(4,5)23-19/h8-9,11,13H,6-7,10,12H2,1-5H3/t13-/m1/s1.